The molecule has 0 radical (unpaired) electrons. The van der Waals surface area contributed by atoms with E-state index < -0.39 is 0 Å². The fraction of sp³-hybridized carbons (Fsp3) is 0.800. The van der Waals surface area contributed by atoms with Crippen molar-refractivity contribution in [2.24, 2.45) is 5.73 Å². The van der Waals surface area contributed by atoms with E-state index in [0.29, 0.717) is 30.0 Å². The molecule has 0 fully saturated rings. The van der Waals surface area contributed by atoms with Gasteiger partial charge in [0.15, 0.2) is 12.4 Å². The van der Waals surface area contributed by atoms with Gasteiger partial charge in [-0.05, 0) is 6.92 Å². The molecular weight excluding hydrogens is 194 g/mol. The normalized spacial score (nSPS) is 11.1. The van der Waals surface area contributed by atoms with Crippen LogP contribution in [0.3, 0.4) is 0 Å². The number of carbonyl (C=O) groups is 1. The van der Waals surface area contributed by atoms with E-state index in [1.54, 1.807) is 0 Å². The standard InChI is InChI=1S/C10H21N3O2/c1-4-15-10(12)6-5-7-13(2,3)8-9(11)14/h12H,4-8H2,1-3H3,(H-,11,14)/p+1. The number of likely N-dealkylation sites (N-methyl/N-ethyl adjacent to an activating group) is 1. The van der Waals surface area contributed by atoms with Gasteiger partial charge in [0.05, 0.1) is 27.2 Å². The first-order valence-electron chi connectivity index (χ1n) is 5.18. The maximum atomic E-state index is 10.8. The van der Waals surface area contributed by atoms with Crippen LogP contribution in [-0.2, 0) is 9.53 Å². The van der Waals surface area contributed by atoms with Gasteiger partial charge < -0.3 is 15.0 Å². The van der Waals surface area contributed by atoms with Crippen molar-refractivity contribution in [1.82, 2.24) is 0 Å². The Morgan fingerprint density at radius 3 is 2.53 bits per heavy atom. The van der Waals surface area contributed by atoms with Crippen LogP contribution in [0.5, 0.6) is 0 Å². The second-order valence-corrected chi connectivity index (χ2v) is 4.24. The Bertz CT molecular complexity index is 227. The molecule has 88 valence electrons. The van der Waals surface area contributed by atoms with Gasteiger partial charge in [-0.2, -0.15) is 0 Å². The highest BCUT2D eigenvalue weighted by atomic mass is 16.5. The number of quaternary nitrogens is 1. The lowest BCUT2D eigenvalue weighted by Crippen LogP contribution is -2.46. The van der Waals surface area contributed by atoms with E-state index in [-0.39, 0.29) is 5.91 Å². The second-order valence-electron chi connectivity index (χ2n) is 4.24. The summed E-state index contributed by atoms with van der Waals surface area (Å²) in [6.45, 7) is 3.56. The number of ether oxygens (including phenoxy) is 1. The minimum atomic E-state index is -0.292. The molecular formula is C10H22N3O2+. The van der Waals surface area contributed by atoms with Crippen LogP contribution in [0.25, 0.3) is 0 Å². The minimum Gasteiger partial charge on any atom is -0.481 e. The number of primary amides is 1. The molecule has 5 nitrogen and oxygen atoms in total. The second kappa shape index (κ2) is 6.40. The largest absolute Gasteiger partial charge is 0.481 e. The number of amides is 1. The van der Waals surface area contributed by atoms with Crippen LogP contribution >= 0.6 is 0 Å². The number of rotatable bonds is 7. The maximum Gasteiger partial charge on any atom is 0.272 e. The zero-order valence-corrected chi connectivity index (χ0v) is 9.88. The number of hydrogen-bond acceptors (Lipinski definition) is 3. The van der Waals surface area contributed by atoms with Gasteiger partial charge in [0.1, 0.15) is 0 Å². The van der Waals surface area contributed by atoms with Crippen LogP contribution in [0, 0.1) is 5.41 Å². The lowest BCUT2D eigenvalue weighted by Gasteiger charge is -2.28. The first-order valence-corrected chi connectivity index (χ1v) is 5.18. The quantitative estimate of drug-likeness (QED) is 0.366. The molecule has 1 amide bonds. The summed E-state index contributed by atoms with van der Waals surface area (Å²) in [7, 11) is 3.91. The van der Waals surface area contributed by atoms with E-state index in [0.717, 1.165) is 13.0 Å². The predicted molar refractivity (Wildman–Crippen MR) is 59.6 cm³/mol. The first kappa shape index (κ1) is 13.9. The molecule has 0 saturated heterocycles. The lowest BCUT2D eigenvalue weighted by atomic mass is 10.2. The van der Waals surface area contributed by atoms with E-state index in [9.17, 15) is 4.79 Å². The van der Waals surface area contributed by atoms with Gasteiger partial charge in [0, 0.05) is 12.8 Å². The summed E-state index contributed by atoms with van der Waals surface area (Å²) in [5.41, 5.74) is 5.14. The molecule has 0 atom stereocenters. The van der Waals surface area contributed by atoms with E-state index >= 15 is 0 Å². The van der Waals surface area contributed by atoms with Crippen LogP contribution in [-0.4, -0.2) is 50.1 Å². The molecule has 0 aromatic carbocycles. The Kier molecular flexibility index (Phi) is 5.93. The van der Waals surface area contributed by atoms with Gasteiger partial charge in [-0.3, -0.25) is 10.2 Å². The van der Waals surface area contributed by atoms with E-state index in [4.69, 9.17) is 15.9 Å². The molecule has 0 aliphatic carbocycles. The smallest absolute Gasteiger partial charge is 0.272 e. The fourth-order valence-electron chi connectivity index (χ4n) is 1.41. The van der Waals surface area contributed by atoms with Gasteiger partial charge >= 0.3 is 0 Å². The molecule has 0 aromatic rings. The van der Waals surface area contributed by atoms with E-state index in [1.165, 1.54) is 0 Å². The zero-order valence-electron chi connectivity index (χ0n) is 9.88. The van der Waals surface area contributed by atoms with Crippen LogP contribution in [0.2, 0.25) is 0 Å². The summed E-state index contributed by atoms with van der Waals surface area (Å²) in [4.78, 5) is 10.8. The summed E-state index contributed by atoms with van der Waals surface area (Å²) in [6.07, 6.45) is 1.45. The summed E-state index contributed by atoms with van der Waals surface area (Å²) in [6, 6.07) is 0. The molecule has 0 aromatic heterocycles. The lowest BCUT2D eigenvalue weighted by molar-refractivity contribution is -0.882. The van der Waals surface area contributed by atoms with Gasteiger partial charge in [-0.1, -0.05) is 0 Å². The van der Waals surface area contributed by atoms with Crippen LogP contribution in [0.1, 0.15) is 19.8 Å². The Labute approximate surface area is 91.3 Å². The highest BCUT2D eigenvalue weighted by molar-refractivity contribution is 5.75. The van der Waals surface area contributed by atoms with Crippen molar-refractivity contribution in [2.45, 2.75) is 19.8 Å². The number of carbonyl (C=O) groups excluding carboxylic acids is 1. The van der Waals surface area contributed by atoms with Crippen molar-refractivity contribution >= 4 is 11.8 Å². The molecule has 0 aliphatic rings. The number of hydrogen-bond donors (Lipinski definition) is 2. The molecule has 0 spiro atoms. The SMILES string of the molecule is CCOC(=N)CCC[N+](C)(C)CC(N)=O. The Morgan fingerprint density at radius 1 is 1.47 bits per heavy atom. The van der Waals surface area contributed by atoms with Crippen LogP contribution in [0.15, 0.2) is 0 Å². The molecule has 0 unspecified atom stereocenters. The summed E-state index contributed by atoms with van der Waals surface area (Å²) in [5, 5.41) is 7.42. The van der Waals surface area contributed by atoms with Crippen LogP contribution in [0.4, 0.5) is 0 Å². The molecule has 0 aliphatic heterocycles. The Balaban J connectivity index is 3.74. The summed E-state index contributed by atoms with van der Waals surface area (Å²) in [5.74, 6) is 0.0245. The molecule has 15 heavy (non-hydrogen) atoms. The first-order chi connectivity index (χ1) is 6.87. The van der Waals surface area contributed by atoms with E-state index in [1.807, 2.05) is 21.0 Å². The molecule has 0 bridgehead atoms. The molecule has 0 heterocycles. The Hall–Kier alpha value is -1.10. The highest BCUT2D eigenvalue weighted by Gasteiger charge is 2.17. The summed E-state index contributed by atoms with van der Waals surface area (Å²) >= 11 is 0. The third-order valence-corrected chi connectivity index (χ3v) is 2.07. The highest BCUT2D eigenvalue weighted by Crippen LogP contribution is 2.02. The number of nitrogens with one attached hydrogen (secondary N) is 1. The van der Waals surface area contributed by atoms with E-state index in [2.05, 4.69) is 0 Å². The van der Waals surface area contributed by atoms with Crippen molar-refractivity contribution < 1.29 is 14.0 Å². The summed E-state index contributed by atoms with van der Waals surface area (Å²) < 4.78 is 5.59. The third-order valence-electron chi connectivity index (χ3n) is 2.07. The van der Waals surface area contributed by atoms with Crippen molar-refractivity contribution in [2.75, 3.05) is 33.8 Å². The molecule has 3 N–H and O–H groups in total. The average Bonchev–Trinajstić information content (AvgIpc) is 2.01. The topological polar surface area (TPSA) is 76.2 Å². The molecule has 0 rings (SSSR count). The van der Waals surface area contributed by atoms with Gasteiger partial charge in [0.2, 0.25) is 0 Å². The minimum absolute atomic E-state index is 0.292. The van der Waals surface area contributed by atoms with Crippen molar-refractivity contribution in [3.63, 3.8) is 0 Å². The van der Waals surface area contributed by atoms with Crippen molar-refractivity contribution in [3.8, 4) is 0 Å². The number of nitrogens with two attached hydrogens (primary N) is 1. The third kappa shape index (κ3) is 7.93. The fourth-order valence-corrected chi connectivity index (χ4v) is 1.41. The Morgan fingerprint density at radius 2 is 2.07 bits per heavy atom. The van der Waals surface area contributed by atoms with Crippen molar-refractivity contribution in [1.29, 1.82) is 5.41 Å². The van der Waals surface area contributed by atoms with Gasteiger partial charge in [-0.25, -0.2) is 0 Å². The maximum absolute atomic E-state index is 10.8. The molecule has 5 heteroatoms. The van der Waals surface area contributed by atoms with Gasteiger partial charge in [-0.15, -0.1) is 0 Å². The number of nitrogens with zero attached hydrogens (tertiary/aromatic N) is 1. The average molecular weight is 216 g/mol. The van der Waals surface area contributed by atoms with Crippen molar-refractivity contribution in [3.05, 3.63) is 0 Å². The zero-order chi connectivity index (χ0) is 11.9. The molecule has 0 saturated carbocycles. The monoisotopic (exact) mass is 216 g/mol. The predicted octanol–water partition coefficient (Wildman–Crippen LogP) is 0.342. The van der Waals surface area contributed by atoms with Gasteiger partial charge in [0.25, 0.3) is 5.91 Å². The van der Waals surface area contributed by atoms with Crippen LogP contribution < -0.4 is 5.73 Å².